The summed E-state index contributed by atoms with van der Waals surface area (Å²) in [6.45, 7) is 0. The molecule has 7 heteroatoms. The molecule has 102 valence electrons. The van der Waals surface area contributed by atoms with E-state index in [2.05, 4.69) is 15.6 Å². The zero-order valence-electron chi connectivity index (χ0n) is 10.7. The van der Waals surface area contributed by atoms with E-state index in [1.165, 1.54) is 17.5 Å². The van der Waals surface area contributed by atoms with Crippen LogP contribution in [0.1, 0.15) is 5.56 Å². The average Bonchev–Trinajstić information content (AvgIpc) is 3.02. The van der Waals surface area contributed by atoms with Gasteiger partial charge in [0.15, 0.2) is 5.13 Å². The maximum Gasteiger partial charge on any atom is 0.267 e. The van der Waals surface area contributed by atoms with Crippen LogP contribution in [0.15, 0.2) is 47.6 Å². The molecule has 0 fully saturated rings. The molecule has 2 N–H and O–H groups in total. The van der Waals surface area contributed by atoms with Crippen molar-refractivity contribution in [3.63, 3.8) is 0 Å². The summed E-state index contributed by atoms with van der Waals surface area (Å²) in [6, 6.07) is 10.3. The molecule has 1 amide bonds. The largest absolute Gasteiger partial charge is 0.337 e. The monoisotopic (exact) mass is 295 g/mol. The first-order valence-corrected chi connectivity index (χ1v) is 6.69. The smallest absolute Gasteiger partial charge is 0.267 e. The summed E-state index contributed by atoms with van der Waals surface area (Å²) in [5, 5.41) is 25.6. The number of nitrogens with zero attached hydrogens (tertiary/aromatic N) is 3. The van der Waals surface area contributed by atoms with Crippen LogP contribution in [0.4, 0.5) is 10.8 Å². The van der Waals surface area contributed by atoms with Crippen LogP contribution in [0.5, 0.6) is 0 Å². The van der Waals surface area contributed by atoms with Gasteiger partial charge in [0, 0.05) is 17.8 Å². The van der Waals surface area contributed by atoms with Crippen molar-refractivity contribution in [1.82, 2.24) is 4.98 Å². The van der Waals surface area contributed by atoms with Crippen LogP contribution in [0.2, 0.25) is 0 Å². The number of aromatic nitrogens is 1. The molecule has 0 aliphatic rings. The van der Waals surface area contributed by atoms with Crippen LogP contribution in [0, 0.1) is 22.7 Å². The van der Waals surface area contributed by atoms with E-state index in [1.807, 2.05) is 6.07 Å². The van der Waals surface area contributed by atoms with Gasteiger partial charge in [-0.2, -0.15) is 10.5 Å². The van der Waals surface area contributed by atoms with Gasteiger partial charge in [-0.15, -0.1) is 11.3 Å². The predicted molar refractivity (Wildman–Crippen MR) is 79.2 cm³/mol. The number of para-hydroxylation sites is 1. The fourth-order valence-electron chi connectivity index (χ4n) is 1.46. The molecule has 1 aromatic heterocycles. The summed E-state index contributed by atoms with van der Waals surface area (Å²) >= 11 is 1.35. The Morgan fingerprint density at radius 1 is 1.33 bits per heavy atom. The Morgan fingerprint density at radius 2 is 2.14 bits per heavy atom. The van der Waals surface area contributed by atoms with Crippen LogP contribution < -0.4 is 10.6 Å². The number of amides is 1. The second kappa shape index (κ2) is 6.85. The highest BCUT2D eigenvalue weighted by molar-refractivity contribution is 7.13. The number of nitrogens with one attached hydrogen (secondary N) is 2. The van der Waals surface area contributed by atoms with Gasteiger partial charge in [0.05, 0.1) is 11.3 Å². The lowest BCUT2D eigenvalue weighted by molar-refractivity contribution is -0.112. The maximum atomic E-state index is 12.0. The standard InChI is InChI=1S/C14H9N5OS/c15-7-10-3-1-2-4-12(10)19-13(20)11(8-16)9-18-14-17-5-6-21-14/h1-6,9H,(H,17,18)(H,19,20)/b11-9-. The first-order chi connectivity index (χ1) is 10.2. The first-order valence-electron chi connectivity index (χ1n) is 5.81. The van der Waals surface area contributed by atoms with Gasteiger partial charge in [0.2, 0.25) is 0 Å². The number of rotatable bonds is 4. The Labute approximate surface area is 125 Å². The summed E-state index contributed by atoms with van der Waals surface area (Å²) in [6.07, 6.45) is 2.89. The number of carbonyl (C=O) groups excluding carboxylic acids is 1. The highest BCUT2D eigenvalue weighted by Crippen LogP contribution is 2.15. The molecule has 2 rings (SSSR count). The van der Waals surface area contributed by atoms with Crippen molar-refractivity contribution in [2.24, 2.45) is 0 Å². The molecule has 0 bridgehead atoms. The van der Waals surface area contributed by atoms with Crippen LogP contribution in [-0.4, -0.2) is 10.9 Å². The van der Waals surface area contributed by atoms with Crippen LogP contribution in [0.3, 0.4) is 0 Å². The SMILES string of the molecule is N#C/C(=C/Nc1nccs1)C(=O)Nc1ccccc1C#N. The van der Waals surface area contributed by atoms with Gasteiger partial charge in [0.25, 0.3) is 5.91 Å². The molecule has 21 heavy (non-hydrogen) atoms. The molecule has 1 aromatic carbocycles. The third-order valence-electron chi connectivity index (χ3n) is 2.43. The van der Waals surface area contributed by atoms with Gasteiger partial charge in [-0.3, -0.25) is 4.79 Å². The topological polar surface area (TPSA) is 102 Å². The lowest BCUT2D eigenvalue weighted by Crippen LogP contribution is -2.15. The average molecular weight is 295 g/mol. The van der Waals surface area contributed by atoms with E-state index >= 15 is 0 Å². The van der Waals surface area contributed by atoms with Crippen molar-refractivity contribution in [2.45, 2.75) is 0 Å². The fourth-order valence-corrected chi connectivity index (χ4v) is 1.96. The molecule has 6 nitrogen and oxygen atoms in total. The van der Waals surface area contributed by atoms with Crippen molar-refractivity contribution in [1.29, 1.82) is 10.5 Å². The second-order valence-corrected chi connectivity index (χ2v) is 4.66. The van der Waals surface area contributed by atoms with Gasteiger partial charge in [0.1, 0.15) is 17.7 Å². The normalized spacial score (nSPS) is 10.3. The van der Waals surface area contributed by atoms with Crippen molar-refractivity contribution >= 4 is 28.1 Å². The van der Waals surface area contributed by atoms with E-state index in [1.54, 1.807) is 41.9 Å². The van der Waals surface area contributed by atoms with Crippen molar-refractivity contribution in [3.05, 3.63) is 53.2 Å². The van der Waals surface area contributed by atoms with Gasteiger partial charge >= 0.3 is 0 Å². The second-order valence-electron chi connectivity index (χ2n) is 3.76. The number of anilines is 2. The Kier molecular flexibility index (Phi) is 4.65. The zero-order chi connectivity index (χ0) is 15.1. The molecule has 0 atom stereocenters. The van der Waals surface area contributed by atoms with Gasteiger partial charge in [-0.1, -0.05) is 12.1 Å². The molecule has 0 aliphatic carbocycles. The Balaban J connectivity index is 2.12. The van der Waals surface area contributed by atoms with Crippen LogP contribution in [0.25, 0.3) is 0 Å². The molecule has 0 aliphatic heterocycles. The summed E-state index contributed by atoms with van der Waals surface area (Å²) < 4.78 is 0. The van der Waals surface area contributed by atoms with Crippen molar-refractivity contribution in [2.75, 3.05) is 10.6 Å². The molecule has 2 aromatic rings. The van der Waals surface area contributed by atoms with Gasteiger partial charge < -0.3 is 10.6 Å². The van der Waals surface area contributed by atoms with E-state index in [4.69, 9.17) is 10.5 Å². The fraction of sp³-hybridized carbons (Fsp3) is 0. The summed E-state index contributed by atoms with van der Waals surface area (Å²) in [5.74, 6) is -0.593. The van der Waals surface area contributed by atoms with Crippen LogP contribution in [-0.2, 0) is 4.79 Å². The Bertz CT molecular complexity index is 752. The molecule has 0 saturated heterocycles. The minimum atomic E-state index is -0.593. The molecule has 0 spiro atoms. The minimum Gasteiger partial charge on any atom is -0.337 e. The Hall–Kier alpha value is -3.16. The van der Waals surface area contributed by atoms with Crippen molar-refractivity contribution in [3.8, 4) is 12.1 Å². The molecule has 0 unspecified atom stereocenters. The van der Waals surface area contributed by atoms with Crippen molar-refractivity contribution < 1.29 is 4.79 Å². The molecule has 0 radical (unpaired) electrons. The summed E-state index contributed by atoms with van der Waals surface area (Å²) in [4.78, 5) is 16.0. The van der Waals surface area contributed by atoms with E-state index < -0.39 is 5.91 Å². The number of nitriles is 2. The lowest BCUT2D eigenvalue weighted by Gasteiger charge is -2.05. The molecular formula is C14H9N5OS. The predicted octanol–water partition coefficient (Wildman–Crippen LogP) is 2.47. The zero-order valence-corrected chi connectivity index (χ0v) is 11.5. The third kappa shape index (κ3) is 3.66. The Morgan fingerprint density at radius 3 is 2.81 bits per heavy atom. The van der Waals surface area contributed by atoms with Gasteiger partial charge in [-0.25, -0.2) is 4.98 Å². The van der Waals surface area contributed by atoms with Gasteiger partial charge in [-0.05, 0) is 12.1 Å². The number of thiazole rings is 1. The van der Waals surface area contributed by atoms with E-state index in [9.17, 15) is 4.79 Å². The number of benzene rings is 1. The molecule has 0 saturated carbocycles. The minimum absolute atomic E-state index is 0.113. The number of hydrogen-bond donors (Lipinski definition) is 2. The summed E-state index contributed by atoms with van der Waals surface area (Å²) in [5.41, 5.74) is 0.578. The lowest BCUT2D eigenvalue weighted by atomic mass is 10.2. The molecular weight excluding hydrogens is 286 g/mol. The number of hydrogen-bond acceptors (Lipinski definition) is 6. The third-order valence-corrected chi connectivity index (χ3v) is 3.14. The van der Waals surface area contributed by atoms with Crippen LogP contribution >= 0.6 is 11.3 Å². The van der Waals surface area contributed by atoms with E-state index in [-0.39, 0.29) is 5.57 Å². The quantitative estimate of drug-likeness (QED) is 0.666. The van der Waals surface area contributed by atoms with E-state index in [0.29, 0.717) is 16.4 Å². The highest BCUT2D eigenvalue weighted by Gasteiger charge is 2.11. The molecule has 1 heterocycles. The van der Waals surface area contributed by atoms with E-state index in [0.717, 1.165) is 0 Å². The number of carbonyl (C=O) groups is 1. The highest BCUT2D eigenvalue weighted by atomic mass is 32.1. The summed E-state index contributed by atoms with van der Waals surface area (Å²) in [7, 11) is 0. The first kappa shape index (κ1) is 14.3. The maximum absolute atomic E-state index is 12.0.